The lowest BCUT2D eigenvalue weighted by Gasteiger charge is -2.13. The van der Waals surface area contributed by atoms with Crippen molar-refractivity contribution in [2.45, 2.75) is 20.8 Å². The van der Waals surface area contributed by atoms with Gasteiger partial charge in [-0.1, -0.05) is 0 Å². The highest BCUT2D eigenvalue weighted by atomic mass is 32.1. The van der Waals surface area contributed by atoms with E-state index in [1.807, 2.05) is 26.2 Å². The van der Waals surface area contributed by atoms with E-state index < -0.39 is 0 Å². The Morgan fingerprint density at radius 3 is 2.55 bits per heavy atom. The van der Waals surface area contributed by atoms with Gasteiger partial charge in [-0.15, -0.1) is 11.3 Å². The van der Waals surface area contributed by atoms with E-state index >= 15 is 0 Å². The van der Waals surface area contributed by atoms with E-state index in [-0.39, 0.29) is 11.7 Å². The van der Waals surface area contributed by atoms with E-state index in [0.717, 1.165) is 5.56 Å². The third-order valence-electron chi connectivity index (χ3n) is 4.81. The first-order valence-electron chi connectivity index (χ1n) is 10.5. The normalized spacial score (nSPS) is 10.8. The molecule has 0 aliphatic rings. The van der Waals surface area contributed by atoms with E-state index in [1.165, 1.54) is 23.5 Å². The third kappa shape index (κ3) is 4.88. The number of nitrogens with one attached hydrogen (secondary N) is 1. The Morgan fingerprint density at radius 2 is 1.82 bits per heavy atom. The number of benzene rings is 2. The van der Waals surface area contributed by atoms with Crippen molar-refractivity contribution < 1.29 is 18.7 Å². The topological polar surface area (TPSA) is 78.3 Å². The molecular weight excluding hydrogens is 443 g/mol. The van der Waals surface area contributed by atoms with E-state index in [1.54, 1.807) is 41.1 Å². The highest BCUT2D eigenvalue weighted by Gasteiger charge is 2.17. The van der Waals surface area contributed by atoms with Gasteiger partial charge in [0.15, 0.2) is 16.6 Å². The van der Waals surface area contributed by atoms with Crippen LogP contribution in [-0.2, 0) is 0 Å². The van der Waals surface area contributed by atoms with Crippen LogP contribution in [0.4, 0.5) is 10.2 Å². The van der Waals surface area contributed by atoms with Crippen LogP contribution in [0.3, 0.4) is 0 Å². The van der Waals surface area contributed by atoms with Crippen molar-refractivity contribution in [1.82, 2.24) is 14.5 Å². The molecule has 4 rings (SSSR count). The lowest BCUT2D eigenvalue weighted by molar-refractivity contribution is 0.102. The number of ether oxygens (including phenoxy) is 2. The zero-order valence-corrected chi connectivity index (χ0v) is 19.3. The molecule has 7 nitrogen and oxygen atoms in total. The lowest BCUT2D eigenvalue weighted by Crippen LogP contribution is -2.15. The van der Waals surface area contributed by atoms with Crippen molar-refractivity contribution in [2.75, 3.05) is 18.5 Å². The van der Waals surface area contributed by atoms with Crippen molar-refractivity contribution in [1.29, 1.82) is 0 Å². The molecule has 0 saturated heterocycles. The first kappa shape index (κ1) is 22.5. The molecule has 0 fully saturated rings. The fourth-order valence-electron chi connectivity index (χ4n) is 3.28. The largest absolute Gasteiger partial charge is 0.490 e. The van der Waals surface area contributed by atoms with Crippen LogP contribution in [0.5, 0.6) is 11.5 Å². The molecule has 0 aliphatic carbocycles. The van der Waals surface area contributed by atoms with Crippen LogP contribution < -0.4 is 14.8 Å². The predicted molar refractivity (Wildman–Crippen MR) is 126 cm³/mol. The Hall–Kier alpha value is -3.72. The van der Waals surface area contributed by atoms with Crippen LogP contribution in [-0.4, -0.2) is 33.7 Å². The molecule has 170 valence electrons. The predicted octanol–water partition coefficient (Wildman–Crippen LogP) is 5.49. The third-order valence-corrected chi connectivity index (χ3v) is 5.63. The summed E-state index contributed by atoms with van der Waals surface area (Å²) in [5.74, 6) is 1.66. The van der Waals surface area contributed by atoms with Crippen LogP contribution in [0.1, 0.15) is 30.0 Å². The van der Waals surface area contributed by atoms with Crippen molar-refractivity contribution in [3.63, 3.8) is 0 Å². The van der Waals surface area contributed by atoms with Crippen molar-refractivity contribution >= 4 is 23.1 Å². The van der Waals surface area contributed by atoms with Gasteiger partial charge in [0, 0.05) is 16.5 Å². The fraction of sp³-hybridized carbons (Fsp3) is 0.208. The monoisotopic (exact) mass is 466 g/mol. The molecule has 2 aromatic heterocycles. The number of rotatable bonds is 8. The Morgan fingerprint density at radius 1 is 1.09 bits per heavy atom. The highest BCUT2D eigenvalue weighted by molar-refractivity contribution is 7.12. The van der Waals surface area contributed by atoms with Gasteiger partial charge >= 0.3 is 0 Å². The molecular formula is C24H23FN4O3S. The number of hydrogen-bond acceptors (Lipinski definition) is 6. The molecule has 9 heteroatoms. The standard InChI is InChI=1S/C24H23FN4O3S/c1-4-31-20-11-8-17(12-21(20)32-5-2)23(30)28-22-13-26-15(3)29(22)24-27-19(14-33-24)16-6-9-18(25)10-7-16/h6-14H,4-5H2,1-3H3,(H,28,30). The zero-order valence-electron chi connectivity index (χ0n) is 18.5. The molecule has 1 N–H and O–H groups in total. The Kier molecular flexibility index (Phi) is 6.69. The van der Waals surface area contributed by atoms with E-state index in [9.17, 15) is 9.18 Å². The number of aromatic nitrogens is 3. The van der Waals surface area contributed by atoms with Crippen LogP contribution in [0, 0.1) is 12.7 Å². The first-order chi connectivity index (χ1) is 16.0. The molecule has 0 radical (unpaired) electrons. The number of carbonyl (C=O) groups is 1. The van der Waals surface area contributed by atoms with E-state index in [2.05, 4.69) is 15.3 Å². The molecule has 0 aliphatic heterocycles. The maximum absolute atomic E-state index is 13.2. The number of thiazole rings is 1. The number of carbonyl (C=O) groups excluding carboxylic acids is 1. The summed E-state index contributed by atoms with van der Waals surface area (Å²) in [7, 11) is 0. The van der Waals surface area contributed by atoms with Gasteiger partial charge in [-0.25, -0.2) is 14.4 Å². The van der Waals surface area contributed by atoms with Crippen molar-refractivity contribution in [3.8, 4) is 27.9 Å². The van der Waals surface area contributed by atoms with Crippen molar-refractivity contribution in [3.05, 3.63) is 71.2 Å². The van der Waals surface area contributed by atoms with E-state index in [4.69, 9.17) is 9.47 Å². The fourth-order valence-corrected chi connectivity index (χ4v) is 4.17. The second-order valence-corrected chi connectivity index (χ2v) is 7.87. The first-order valence-corrected chi connectivity index (χ1v) is 11.3. The molecule has 0 bridgehead atoms. The van der Waals surface area contributed by atoms with Gasteiger partial charge in [-0.05, 0) is 63.2 Å². The number of halogens is 1. The molecule has 1 amide bonds. The second kappa shape index (κ2) is 9.83. The summed E-state index contributed by atoms with van der Waals surface area (Å²) >= 11 is 1.40. The van der Waals surface area contributed by atoms with Crippen molar-refractivity contribution in [2.24, 2.45) is 0 Å². The van der Waals surface area contributed by atoms with Gasteiger partial charge in [0.1, 0.15) is 17.5 Å². The SMILES string of the molecule is CCOc1ccc(C(=O)Nc2cnc(C)n2-c2nc(-c3ccc(F)cc3)cs2)cc1OCC. The van der Waals surface area contributed by atoms with Crippen LogP contribution in [0.15, 0.2) is 54.0 Å². The molecule has 0 atom stereocenters. The molecule has 0 saturated carbocycles. The number of anilines is 1. The summed E-state index contributed by atoms with van der Waals surface area (Å²) < 4.78 is 26.2. The quantitative estimate of drug-likeness (QED) is 0.371. The minimum absolute atomic E-state index is 0.300. The summed E-state index contributed by atoms with van der Waals surface area (Å²) in [4.78, 5) is 22.0. The summed E-state index contributed by atoms with van der Waals surface area (Å²) in [6.45, 7) is 6.55. The Bertz CT molecular complexity index is 1270. The van der Waals surface area contributed by atoms with Crippen LogP contribution in [0.25, 0.3) is 16.4 Å². The summed E-state index contributed by atoms with van der Waals surface area (Å²) in [6, 6.07) is 11.2. The number of imidazole rings is 1. The Balaban J connectivity index is 1.59. The van der Waals surface area contributed by atoms with E-state index in [0.29, 0.717) is 52.7 Å². The minimum atomic E-state index is -0.310. The van der Waals surface area contributed by atoms with Crippen LogP contribution >= 0.6 is 11.3 Å². The number of amides is 1. The molecule has 0 spiro atoms. The maximum atomic E-state index is 13.2. The number of hydrogen-bond donors (Lipinski definition) is 1. The summed E-state index contributed by atoms with van der Waals surface area (Å²) in [6.07, 6.45) is 1.59. The molecule has 0 unspecified atom stereocenters. The summed E-state index contributed by atoms with van der Waals surface area (Å²) in [5.41, 5.74) is 1.95. The van der Waals surface area contributed by atoms with Crippen LogP contribution in [0.2, 0.25) is 0 Å². The zero-order chi connectivity index (χ0) is 23.4. The smallest absolute Gasteiger partial charge is 0.256 e. The lowest BCUT2D eigenvalue weighted by atomic mass is 10.2. The molecule has 33 heavy (non-hydrogen) atoms. The average molecular weight is 467 g/mol. The van der Waals surface area contributed by atoms with Gasteiger partial charge in [0.25, 0.3) is 5.91 Å². The van der Waals surface area contributed by atoms with Gasteiger partial charge in [-0.2, -0.15) is 0 Å². The molecule has 2 heterocycles. The second-order valence-electron chi connectivity index (χ2n) is 7.03. The minimum Gasteiger partial charge on any atom is -0.490 e. The summed E-state index contributed by atoms with van der Waals surface area (Å²) in [5, 5.41) is 5.43. The van der Waals surface area contributed by atoms with Gasteiger partial charge < -0.3 is 14.8 Å². The van der Waals surface area contributed by atoms with Gasteiger partial charge in [0.05, 0.1) is 25.1 Å². The number of nitrogens with zero attached hydrogens (tertiary/aromatic N) is 3. The maximum Gasteiger partial charge on any atom is 0.256 e. The molecule has 2 aromatic carbocycles. The van der Waals surface area contributed by atoms with Gasteiger partial charge in [0.2, 0.25) is 0 Å². The number of aryl methyl sites for hydroxylation is 1. The molecule has 4 aromatic rings. The van der Waals surface area contributed by atoms with Gasteiger partial charge in [-0.3, -0.25) is 9.36 Å². The average Bonchev–Trinajstić information content (AvgIpc) is 3.42. The highest BCUT2D eigenvalue weighted by Crippen LogP contribution is 2.30. The Labute approximate surface area is 194 Å².